The van der Waals surface area contributed by atoms with Crippen molar-refractivity contribution >= 4 is 50.7 Å². The van der Waals surface area contributed by atoms with Crippen LogP contribution in [0.5, 0.6) is 5.75 Å². The van der Waals surface area contributed by atoms with Gasteiger partial charge in [-0.2, -0.15) is 0 Å². The Kier molecular flexibility index (Phi) is 10.9. The van der Waals surface area contributed by atoms with Crippen molar-refractivity contribution < 1.29 is 22.7 Å². The van der Waals surface area contributed by atoms with Crippen LogP contribution in [0.15, 0.2) is 42.5 Å². The molecule has 0 saturated carbocycles. The molecule has 198 valence electrons. The largest absolute Gasteiger partial charge is 0.497 e. The van der Waals surface area contributed by atoms with Crippen LogP contribution in [0, 0.1) is 0 Å². The second-order valence-corrected chi connectivity index (χ2v) is 11.2. The highest BCUT2D eigenvalue weighted by Crippen LogP contribution is 2.25. The summed E-state index contributed by atoms with van der Waals surface area (Å²) >= 11 is 12.4. The van der Waals surface area contributed by atoms with E-state index in [2.05, 4.69) is 5.32 Å². The maximum atomic E-state index is 13.7. The fourth-order valence-corrected chi connectivity index (χ4v) is 4.87. The first-order valence-corrected chi connectivity index (χ1v) is 14.2. The van der Waals surface area contributed by atoms with Gasteiger partial charge in [0, 0.05) is 22.6 Å². The summed E-state index contributed by atoms with van der Waals surface area (Å²) in [6, 6.07) is 10.3. The zero-order chi connectivity index (χ0) is 27.0. The Morgan fingerprint density at radius 1 is 1.06 bits per heavy atom. The first-order chi connectivity index (χ1) is 16.9. The minimum atomic E-state index is -3.83. The molecule has 11 heteroatoms. The highest BCUT2D eigenvalue weighted by atomic mass is 35.5. The minimum absolute atomic E-state index is 0.00147. The number of nitrogens with zero attached hydrogens (tertiary/aromatic N) is 2. The number of anilines is 1. The van der Waals surface area contributed by atoms with Gasteiger partial charge >= 0.3 is 0 Å². The van der Waals surface area contributed by atoms with Crippen LogP contribution in [0.1, 0.15) is 39.2 Å². The molecule has 0 aliphatic rings. The minimum Gasteiger partial charge on any atom is -0.497 e. The highest BCUT2D eigenvalue weighted by molar-refractivity contribution is 7.92. The maximum Gasteiger partial charge on any atom is 0.244 e. The molecule has 0 saturated heterocycles. The summed E-state index contributed by atoms with van der Waals surface area (Å²) in [7, 11) is -2.33. The van der Waals surface area contributed by atoms with E-state index in [-0.39, 0.29) is 18.5 Å². The molecule has 2 amide bonds. The van der Waals surface area contributed by atoms with Crippen molar-refractivity contribution in [3.8, 4) is 5.75 Å². The molecule has 0 radical (unpaired) electrons. The number of carbonyl (C=O) groups excluding carboxylic acids is 2. The molecule has 0 spiro atoms. The van der Waals surface area contributed by atoms with E-state index in [1.165, 1.54) is 12.0 Å². The number of amides is 2. The van der Waals surface area contributed by atoms with Crippen LogP contribution in [-0.2, 0) is 26.2 Å². The summed E-state index contributed by atoms with van der Waals surface area (Å²) in [6.07, 6.45) is 2.07. The molecular weight excluding hydrogens is 525 g/mol. The molecule has 0 bridgehead atoms. The summed E-state index contributed by atoms with van der Waals surface area (Å²) in [6.45, 7) is 5.12. The summed E-state index contributed by atoms with van der Waals surface area (Å²) in [5.41, 5.74) is 0.882. The third-order valence-electron chi connectivity index (χ3n) is 5.78. The molecule has 0 aliphatic carbocycles. The molecule has 0 aliphatic heterocycles. The van der Waals surface area contributed by atoms with E-state index < -0.39 is 28.5 Å². The number of hydrogen-bond donors (Lipinski definition) is 1. The Morgan fingerprint density at radius 2 is 1.69 bits per heavy atom. The van der Waals surface area contributed by atoms with E-state index >= 15 is 0 Å². The molecule has 2 rings (SSSR count). The molecule has 0 heterocycles. The molecule has 36 heavy (non-hydrogen) atoms. The fraction of sp³-hybridized carbons (Fsp3) is 0.440. The predicted octanol–water partition coefficient (Wildman–Crippen LogP) is 4.49. The van der Waals surface area contributed by atoms with Gasteiger partial charge in [-0.3, -0.25) is 13.9 Å². The van der Waals surface area contributed by atoms with Gasteiger partial charge in [-0.05, 0) is 61.7 Å². The Labute approximate surface area is 223 Å². The second-order valence-electron chi connectivity index (χ2n) is 8.47. The van der Waals surface area contributed by atoms with Crippen molar-refractivity contribution in [3.05, 3.63) is 58.1 Å². The Balaban J connectivity index is 2.46. The van der Waals surface area contributed by atoms with Crippen LogP contribution >= 0.6 is 23.2 Å². The lowest BCUT2D eigenvalue weighted by Gasteiger charge is -2.33. The van der Waals surface area contributed by atoms with E-state index in [9.17, 15) is 18.0 Å². The molecule has 2 aromatic rings. The van der Waals surface area contributed by atoms with Crippen LogP contribution in [0.4, 0.5) is 5.69 Å². The van der Waals surface area contributed by atoms with E-state index in [0.29, 0.717) is 33.5 Å². The summed E-state index contributed by atoms with van der Waals surface area (Å²) in [5.74, 6) is -0.320. The SMILES string of the molecule is CC[C@H](C(=O)N[C@@H](C)CC)N(Cc1ccc(Cl)cc1Cl)C(=O)CN(c1ccc(OC)cc1)S(C)(=O)=O. The quantitative estimate of drug-likeness (QED) is 0.414. The van der Waals surface area contributed by atoms with E-state index in [0.717, 1.165) is 17.0 Å². The number of halogens is 2. The van der Waals surface area contributed by atoms with Crippen molar-refractivity contribution in [3.63, 3.8) is 0 Å². The predicted molar refractivity (Wildman–Crippen MR) is 144 cm³/mol. The summed E-state index contributed by atoms with van der Waals surface area (Å²) in [4.78, 5) is 28.2. The van der Waals surface area contributed by atoms with Gasteiger partial charge in [-0.1, -0.05) is 43.1 Å². The van der Waals surface area contributed by atoms with Gasteiger partial charge < -0.3 is 15.0 Å². The number of methoxy groups -OCH3 is 1. The van der Waals surface area contributed by atoms with Crippen molar-refractivity contribution in [1.29, 1.82) is 0 Å². The van der Waals surface area contributed by atoms with E-state index in [1.54, 1.807) is 49.4 Å². The van der Waals surface area contributed by atoms with Crippen molar-refractivity contribution in [1.82, 2.24) is 10.2 Å². The van der Waals surface area contributed by atoms with Gasteiger partial charge in [-0.15, -0.1) is 0 Å². The van der Waals surface area contributed by atoms with E-state index in [4.69, 9.17) is 27.9 Å². The van der Waals surface area contributed by atoms with Crippen LogP contribution in [0.2, 0.25) is 10.0 Å². The lowest BCUT2D eigenvalue weighted by molar-refractivity contribution is -0.140. The lowest BCUT2D eigenvalue weighted by atomic mass is 10.1. The second kappa shape index (κ2) is 13.2. The highest BCUT2D eigenvalue weighted by Gasteiger charge is 2.32. The van der Waals surface area contributed by atoms with Crippen molar-refractivity contribution in [2.45, 2.75) is 52.2 Å². The van der Waals surface area contributed by atoms with Crippen LogP contribution in [0.3, 0.4) is 0 Å². The van der Waals surface area contributed by atoms with Gasteiger partial charge in [0.05, 0.1) is 19.1 Å². The van der Waals surface area contributed by atoms with Crippen LogP contribution in [0.25, 0.3) is 0 Å². The Morgan fingerprint density at radius 3 is 2.19 bits per heavy atom. The number of rotatable bonds is 12. The first kappa shape index (κ1) is 29.7. The molecule has 0 aromatic heterocycles. The standard InChI is InChI=1S/C25H33Cl2N3O5S/c1-6-17(3)28-25(32)23(7-2)29(15-18-8-9-19(26)14-22(18)27)24(31)16-30(36(5,33)34)20-10-12-21(35-4)13-11-20/h8-14,17,23H,6-7,15-16H2,1-5H3,(H,28,32)/t17-,23+/m0/s1. The lowest BCUT2D eigenvalue weighted by Crippen LogP contribution is -2.53. The maximum absolute atomic E-state index is 13.7. The van der Waals surface area contributed by atoms with Crippen molar-refractivity contribution in [2.24, 2.45) is 0 Å². The number of carbonyl (C=O) groups is 2. The monoisotopic (exact) mass is 557 g/mol. The number of benzene rings is 2. The Hall–Kier alpha value is -2.49. The molecule has 1 N–H and O–H groups in total. The average molecular weight is 559 g/mol. The van der Waals surface area contributed by atoms with Gasteiger partial charge in [-0.25, -0.2) is 8.42 Å². The topological polar surface area (TPSA) is 96.0 Å². The fourth-order valence-electron chi connectivity index (χ4n) is 3.56. The number of sulfonamides is 1. The normalized spacial score (nSPS) is 13.0. The van der Waals surface area contributed by atoms with Crippen LogP contribution in [-0.4, -0.2) is 57.1 Å². The number of nitrogens with one attached hydrogen (secondary N) is 1. The van der Waals surface area contributed by atoms with Gasteiger partial charge in [0.15, 0.2) is 0 Å². The smallest absolute Gasteiger partial charge is 0.244 e. The summed E-state index contributed by atoms with van der Waals surface area (Å²) < 4.78 is 31.5. The molecule has 2 aromatic carbocycles. The zero-order valence-electron chi connectivity index (χ0n) is 21.1. The molecular formula is C25H33Cl2N3O5S. The Bertz CT molecular complexity index is 1160. The van der Waals surface area contributed by atoms with Gasteiger partial charge in [0.1, 0.15) is 18.3 Å². The van der Waals surface area contributed by atoms with Gasteiger partial charge in [0.25, 0.3) is 0 Å². The molecule has 0 fully saturated rings. The molecule has 0 unspecified atom stereocenters. The third kappa shape index (κ3) is 8.01. The summed E-state index contributed by atoms with van der Waals surface area (Å²) in [5, 5.41) is 3.70. The van der Waals surface area contributed by atoms with E-state index in [1.807, 2.05) is 13.8 Å². The van der Waals surface area contributed by atoms with Crippen molar-refractivity contribution in [2.75, 3.05) is 24.2 Å². The van der Waals surface area contributed by atoms with Crippen LogP contribution < -0.4 is 14.4 Å². The van der Waals surface area contributed by atoms with Gasteiger partial charge in [0.2, 0.25) is 21.8 Å². The number of hydrogen-bond acceptors (Lipinski definition) is 5. The first-order valence-electron chi connectivity index (χ1n) is 11.6. The number of ether oxygens (including phenoxy) is 1. The average Bonchev–Trinajstić information content (AvgIpc) is 2.82. The molecule has 8 nitrogen and oxygen atoms in total. The zero-order valence-corrected chi connectivity index (χ0v) is 23.5. The third-order valence-corrected chi connectivity index (χ3v) is 7.51. The molecule has 2 atom stereocenters.